The van der Waals surface area contributed by atoms with Crippen LogP contribution in [0.25, 0.3) is 10.2 Å². The van der Waals surface area contributed by atoms with Gasteiger partial charge in [0.1, 0.15) is 21.3 Å². The summed E-state index contributed by atoms with van der Waals surface area (Å²) >= 11 is 1.30. The number of aliphatic hydroxyl groups is 1. The molecule has 1 atom stereocenters. The van der Waals surface area contributed by atoms with E-state index in [1.165, 1.54) is 18.4 Å². The predicted molar refractivity (Wildman–Crippen MR) is 87.6 cm³/mol. The molecule has 2 rings (SSSR count). The van der Waals surface area contributed by atoms with Gasteiger partial charge in [-0.3, -0.25) is 0 Å². The normalized spacial score (nSPS) is 12.7. The number of anilines is 1. The summed E-state index contributed by atoms with van der Waals surface area (Å²) in [6.07, 6.45) is 0. The number of thiophene rings is 1. The molecule has 0 saturated heterocycles. The Kier molecular flexibility index (Phi) is 4.97. The molecule has 0 amide bonds. The summed E-state index contributed by atoms with van der Waals surface area (Å²) in [7, 11) is 1.36. The molecule has 0 radical (unpaired) electrons. The Morgan fingerprint density at radius 2 is 2.05 bits per heavy atom. The average molecular weight is 323 g/mol. The van der Waals surface area contributed by atoms with Crippen molar-refractivity contribution in [1.82, 2.24) is 9.97 Å². The fourth-order valence-corrected chi connectivity index (χ4v) is 3.38. The highest BCUT2D eigenvalue weighted by Crippen LogP contribution is 2.34. The molecular formula is C15H21N3O3S. The smallest absolute Gasteiger partial charge is 0.348 e. The van der Waals surface area contributed by atoms with Crippen molar-refractivity contribution in [3.8, 4) is 0 Å². The van der Waals surface area contributed by atoms with Gasteiger partial charge in [-0.1, -0.05) is 13.8 Å². The van der Waals surface area contributed by atoms with Crippen molar-refractivity contribution in [2.24, 2.45) is 5.92 Å². The summed E-state index contributed by atoms with van der Waals surface area (Å²) < 4.78 is 4.82. The molecule has 2 aromatic rings. The number of nitrogens with zero attached hydrogens (tertiary/aromatic N) is 2. The maximum Gasteiger partial charge on any atom is 0.348 e. The van der Waals surface area contributed by atoms with E-state index in [2.05, 4.69) is 15.3 Å². The number of hydrogen-bond donors (Lipinski definition) is 2. The number of aryl methyl sites for hydroxylation is 2. The molecule has 0 aliphatic rings. The Hall–Kier alpha value is -1.73. The lowest BCUT2D eigenvalue weighted by atomic mass is 10.1. The van der Waals surface area contributed by atoms with E-state index >= 15 is 0 Å². The maximum atomic E-state index is 11.9. The minimum Gasteiger partial charge on any atom is -0.465 e. The number of carbonyl (C=O) groups is 1. The second-order valence-corrected chi connectivity index (χ2v) is 6.52. The first kappa shape index (κ1) is 16.6. The molecule has 2 aromatic heterocycles. The van der Waals surface area contributed by atoms with Gasteiger partial charge in [0.25, 0.3) is 0 Å². The molecular weight excluding hydrogens is 302 g/mol. The van der Waals surface area contributed by atoms with Crippen molar-refractivity contribution in [3.63, 3.8) is 0 Å². The standard InChI is InChI=1S/C15H21N3O3S/c1-7(2)10(6-19)18-13-11-8(3)12(15(20)21-5)22-14(11)17-9(4)16-13/h7,10,19H,6H2,1-5H3,(H,16,17,18)/t10-/m1/s1. The maximum absolute atomic E-state index is 11.9. The van der Waals surface area contributed by atoms with Crippen molar-refractivity contribution < 1.29 is 14.6 Å². The number of rotatable bonds is 5. The van der Waals surface area contributed by atoms with Crippen LogP contribution in [0.5, 0.6) is 0 Å². The van der Waals surface area contributed by atoms with Crippen LogP contribution in [0.15, 0.2) is 0 Å². The fourth-order valence-electron chi connectivity index (χ4n) is 2.24. The SMILES string of the molecule is COC(=O)c1sc2nc(C)nc(N[C@H](CO)C(C)C)c2c1C. The lowest BCUT2D eigenvalue weighted by molar-refractivity contribution is 0.0605. The van der Waals surface area contributed by atoms with E-state index in [0.29, 0.717) is 16.5 Å². The Labute approximate surface area is 133 Å². The number of aromatic nitrogens is 2. The third-order valence-corrected chi connectivity index (χ3v) is 4.76. The van der Waals surface area contributed by atoms with Gasteiger partial charge in [-0.2, -0.15) is 0 Å². The topological polar surface area (TPSA) is 84.3 Å². The molecule has 2 heterocycles. The first-order valence-corrected chi connectivity index (χ1v) is 7.94. The van der Waals surface area contributed by atoms with E-state index in [0.717, 1.165) is 15.8 Å². The molecule has 120 valence electrons. The van der Waals surface area contributed by atoms with Crippen molar-refractivity contribution in [2.45, 2.75) is 33.7 Å². The van der Waals surface area contributed by atoms with E-state index in [-0.39, 0.29) is 24.5 Å². The fraction of sp³-hybridized carbons (Fsp3) is 0.533. The lowest BCUT2D eigenvalue weighted by Crippen LogP contribution is -2.30. The first-order chi connectivity index (χ1) is 10.4. The third-order valence-electron chi connectivity index (χ3n) is 3.60. The van der Waals surface area contributed by atoms with Gasteiger partial charge in [0.05, 0.1) is 25.1 Å². The summed E-state index contributed by atoms with van der Waals surface area (Å²) in [5.41, 5.74) is 0.801. The highest BCUT2D eigenvalue weighted by Gasteiger charge is 2.22. The summed E-state index contributed by atoms with van der Waals surface area (Å²) in [6, 6.07) is -0.113. The molecule has 0 bridgehead atoms. The van der Waals surface area contributed by atoms with Gasteiger partial charge in [0, 0.05) is 0 Å². The van der Waals surface area contributed by atoms with Crippen LogP contribution >= 0.6 is 11.3 Å². The Balaban J connectivity index is 2.58. The van der Waals surface area contributed by atoms with Gasteiger partial charge in [-0.25, -0.2) is 14.8 Å². The van der Waals surface area contributed by atoms with Crippen LogP contribution in [0.1, 0.15) is 34.9 Å². The van der Waals surface area contributed by atoms with E-state index in [1.807, 2.05) is 20.8 Å². The van der Waals surface area contributed by atoms with Gasteiger partial charge < -0.3 is 15.2 Å². The zero-order chi connectivity index (χ0) is 16.4. The minimum absolute atomic E-state index is 0.00918. The number of aliphatic hydroxyl groups excluding tert-OH is 1. The first-order valence-electron chi connectivity index (χ1n) is 7.12. The summed E-state index contributed by atoms with van der Waals surface area (Å²) in [6.45, 7) is 7.73. The average Bonchev–Trinajstić information content (AvgIpc) is 2.80. The third kappa shape index (κ3) is 3.05. The van der Waals surface area contributed by atoms with Gasteiger partial charge in [-0.05, 0) is 25.3 Å². The zero-order valence-corrected chi connectivity index (χ0v) is 14.2. The van der Waals surface area contributed by atoms with Crippen molar-refractivity contribution in [3.05, 3.63) is 16.3 Å². The summed E-state index contributed by atoms with van der Waals surface area (Å²) in [5, 5.41) is 13.6. The molecule has 0 unspecified atom stereocenters. The number of hydrogen-bond acceptors (Lipinski definition) is 7. The van der Waals surface area contributed by atoms with Gasteiger partial charge >= 0.3 is 5.97 Å². The molecule has 7 heteroatoms. The number of esters is 1. The molecule has 0 fully saturated rings. The monoisotopic (exact) mass is 323 g/mol. The van der Waals surface area contributed by atoms with Crippen LogP contribution in [0.2, 0.25) is 0 Å². The van der Waals surface area contributed by atoms with Crippen LogP contribution in [0, 0.1) is 19.8 Å². The van der Waals surface area contributed by atoms with Crippen LogP contribution in [0.3, 0.4) is 0 Å². The van der Waals surface area contributed by atoms with E-state index in [1.54, 1.807) is 6.92 Å². The lowest BCUT2D eigenvalue weighted by Gasteiger charge is -2.21. The van der Waals surface area contributed by atoms with E-state index in [4.69, 9.17) is 4.74 Å². The molecule has 0 aliphatic heterocycles. The minimum atomic E-state index is -0.369. The van der Waals surface area contributed by atoms with Gasteiger partial charge in [-0.15, -0.1) is 11.3 Å². The van der Waals surface area contributed by atoms with E-state index in [9.17, 15) is 9.90 Å². The predicted octanol–water partition coefficient (Wildman–Crippen LogP) is 2.52. The summed E-state index contributed by atoms with van der Waals surface area (Å²) in [5.74, 6) is 1.15. The zero-order valence-electron chi connectivity index (χ0n) is 13.4. The number of ether oxygens (including phenoxy) is 1. The van der Waals surface area contributed by atoms with Crippen LogP contribution < -0.4 is 5.32 Å². The van der Waals surface area contributed by atoms with Crippen molar-refractivity contribution in [1.29, 1.82) is 0 Å². The number of nitrogens with one attached hydrogen (secondary N) is 1. The second kappa shape index (κ2) is 6.58. The number of methoxy groups -OCH3 is 1. The van der Waals surface area contributed by atoms with E-state index < -0.39 is 0 Å². The summed E-state index contributed by atoms with van der Waals surface area (Å²) in [4.78, 5) is 22.0. The Bertz CT molecular complexity index is 697. The second-order valence-electron chi connectivity index (χ2n) is 5.52. The quantitative estimate of drug-likeness (QED) is 0.823. The van der Waals surface area contributed by atoms with Crippen LogP contribution in [-0.2, 0) is 4.74 Å². The van der Waals surface area contributed by atoms with Crippen molar-refractivity contribution >= 4 is 33.3 Å². The Morgan fingerprint density at radius 1 is 1.36 bits per heavy atom. The Morgan fingerprint density at radius 3 is 2.59 bits per heavy atom. The van der Waals surface area contributed by atoms with Gasteiger partial charge in [0.15, 0.2) is 0 Å². The van der Waals surface area contributed by atoms with Gasteiger partial charge in [0.2, 0.25) is 0 Å². The molecule has 0 aliphatic carbocycles. The molecule has 2 N–H and O–H groups in total. The molecule has 6 nitrogen and oxygen atoms in total. The number of fused-ring (bicyclic) bond motifs is 1. The van der Waals surface area contributed by atoms with Crippen LogP contribution in [-0.4, -0.2) is 40.8 Å². The highest BCUT2D eigenvalue weighted by atomic mass is 32.1. The molecule has 0 spiro atoms. The molecule has 0 saturated carbocycles. The molecule has 0 aromatic carbocycles. The number of carbonyl (C=O) groups excluding carboxylic acids is 1. The molecule has 22 heavy (non-hydrogen) atoms. The largest absolute Gasteiger partial charge is 0.465 e. The highest BCUT2D eigenvalue weighted by molar-refractivity contribution is 7.20. The van der Waals surface area contributed by atoms with Crippen LogP contribution in [0.4, 0.5) is 5.82 Å². The van der Waals surface area contributed by atoms with Crippen molar-refractivity contribution in [2.75, 3.05) is 19.0 Å².